The second-order valence-electron chi connectivity index (χ2n) is 10.9. The van der Waals surface area contributed by atoms with E-state index in [0.29, 0.717) is 24.2 Å². The molecule has 3 fully saturated rings. The molecule has 4 heteroatoms. The first-order valence-electron chi connectivity index (χ1n) is 11.6. The third-order valence-electron chi connectivity index (χ3n) is 9.61. The Kier molecular flexibility index (Phi) is 4.90. The minimum atomic E-state index is -0.177. The van der Waals surface area contributed by atoms with Gasteiger partial charge in [-0.2, -0.15) is 12.6 Å². The summed E-state index contributed by atoms with van der Waals surface area (Å²) in [6.07, 6.45) is 8.72. The van der Waals surface area contributed by atoms with Crippen molar-refractivity contribution in [1.29, 1.82) is 0 Å². The van der Waals surface area contributed by atoms with Crippen molar-refractivity contribution in [2.45, 2.75) is 70.1 Å². The number of aromatic hydroxyl groups is 1. The van der Waals surface area contributed by atoms with Gasteiger partial charge in [0.2, 0.25) is 0 Å². The Morgan fingerprint density at radius 3 is 2.53 bits per heavy atom. The van der Waals surface area contributed by atoms with Gasteiger partial charge in [0.05, 0.1) is 6.10 Å². The third-order valence-corrected chi connectivity index (χ3v) is 10.3. The molecule has 162 valence electrons. The lowest BCUT2D eigenvalue weighted by Gasteiger charge is -2.60. The highest BCUT2D eigenvalue weighted by Gasteiger charge is 2.60. The molecule has 0 aromatic heterocycles. The number of aliphatic hydroxyl groups is 1. The number of thiol groups is 1. The molecule has 5 rings (SSSR count). The van der Waals surface area contributed by atoms with Gasteiger partial charge in [0.1, 0.15) is 5.75 Å². The van der Waals surface area contributed by atoms with E-state index < -0.39 is 0 Å². The van der Waals surface area contributed by atoms with Gasteiger partial charge in [-0.15, -0.1) is 0 Å². The molecule has 0 amide bonds. The van der Waals surface area contributed by atoms with E-state index in [1.54, 1.807) is 12.1 Å². The molecule has 0 spiro atoms. The highest BCUT2D eigenvalue weighted by Crippen LogP contribution is 2.67. The number of fused-ring (bicyclic) bond motifs is 5. The third kappa shape index (κ3) is 2.93. The highest BCUT2D eigenvalue weighted by molar-refractivity contribution is 7.80. The number of aliphatic hydroxyl groups excluding tert-OH is 1. The largest absolute Gasteiger partial charge is 0.508 e. The highest BCUT2D eigenvalue weighted by atomic mass is 32.1. The van der Waals surface area contributed by atoms with Crippen LogP contribution >= 0.6 is 12.6 Å². The Morgan fingerprint density at radius 1 is 1.07 bits per heavy atom. The van der Waals surface area contributed by atoms with Crippen molar-refractivity contribution in [3.05, 3.63) is 41.5 Å². The van der Waals surface area contributed by atoms with E-state index in [9.17, 15) is 15.0 Å². The summed E-state index contributed by atoms with van der Waals surface area (Å²) in [4.78, 5) is 12.5. The van der Waals surface area contributed by atoms with Crippen LogP contribution in [0.5, 0.6) is 5.75 Å². The maximum absolute atomic E-state index is 12.5. The van der Waals surface area contributed by atoms with E-state index >= 15 is 0 Å². The summed E-state index contributed by atoms with van der Waals surface area (Å²) < 4.78 is 0. The van der Waals surface area contributed by atoms with Gasteiger partial charge in [-0.3, -0.25) is 4.79 Å². The molecule has 30 heavy (non-hydrogen) atoms. The number of hydrogen-bond donors (Lipinski definition) is 3. The molecule has 0 saturated heterocycles. The summed E-state index contributed by atoms with van der Waals surface area (Å²) >= 11 is 5.09. The number of rotatable bonds is 2. The maximum Gasteiger partial charge on any atom is 0.155 e. The van der Waals surface area contributed by atoms with Crippen LogP contribution in [-0.4, -0.2) is 22.1 Å². The Morgan fingerprint density at radius 2 is 1.80 bits per heavy atom. The summed E-state index contributed by atoms with van der Waals surface area (Å²) in [6, 6.07) is 7.39. The quantitative estimate of drug-likeness (QED) is 0.549. The van der Waals surface area contributed by atoms with Crippen molar-refractivity contribution in [3.63, 3.8) is 0 Å². The molecule has 4 aliphatic rings. The molecule has 0 aliphatic heterocycles. The molecule has 3 saturated carbocycles. The summed E-state index contributed by atoms with van der Waals surface area (Å²) in [7, 11) is 0. The predicted octanol–water partition coefficient (Wildman–Crippen LogP) is 5.48. The summed E-state index contributed by atoms with van der Waals surface area (Å²) in [5.74, 6) is 2.47. The molecule has 0 heterocycles. The second-order valence-corrected chi connectivity index (χ2v) is 11.4. The fourth-order valence-electron chi connectivity index (χ4n) is 7.87. The van der Waals surface area contributed by atoms with Crippen LogP contribution < -0.4 is 0 Å². The Balaban J connectivity index is 1.56. The van der Waals surface area contributed by atoms with Gasteiger partial charge in [0.25, 0.3) is 0 Å². The first-order chi connectivity index (χ1) is 14.2. The van der Waals surface area contributed by atoms with Crippen molar-refractivity contribution < 1.29 is 15.0 Å². The number of phenolic OH excluding ortho intramolecular Hbond substituents is 1. The van der Waals surface area contributed by atoms with Crippen molar-refractivity contribution in [2.24, 2.45) is 34.5 Å². The summed E-state index contributed by atoms with van der Waals surface area (Å²) in [5, 5.41) is 20.5. The van der Waals surface area contributed by atoms with Gasteiger partial charge < -0.3 is 10.2 Å². The number of phenols is 1. The van der Waals surface area contributed by atoms with Gasteiger partial charge >= 0.3 is 0 Å². The first kappa shape index (κ1) is 20.6. The van der Waals surface area contributed by atoms with Crippen LogP contribution in [0.25, 0.3) is 0 Å². The number of carbonyl (C=O) groups excluding carboxylic acids is 1. The normalized spacial score (nSPS) is 43.9. The molecule has 4 aliphatic carbocycles. The van der Waals surface area contributed by atoms with Crippen molar-refractivity contribution in [3.8, 4) is 5.75 Å². The molecular formula is C26H34O3S. The molecule has 3 unspecified atom stereocenters. The number of carbonyl (C=O) groups is 1. The van der Waals surface area contributed by atoms with Gasteiger partial charge in [-0.25, -0.2) is 0 Å². The van der Waals surface area contributed by atoms with Crippen molar-refractivity contribution in [2.75, 3.05) is 0 Å². The first-order valence-corrected chi connectivity index (χ1v) is 12.2. The van der Waals surface area contributed by atoms with Crippen molar-refractivity contribution >= 4 is 18.4 Å². The average Bonchev–Trinajstić information content (AvgIpc) is 3.03. The summed E-state index contributed by atoms with van der Waals surface area (Å²) in [5.41, 5.74) is 2.51. The standard InChI is InChI=1S/C26H34O3S/c1-25-11-9-17(28)13-22(25)19(24(30)15-3-5-16(27)6-4-15)14-18-20-7-8-23(29)26(20,2)12-10-21(18)25/h3-6,13,18-21,23-24,27,29-30H,7-12,14H2,1-2H3/t18-,19?,20-,21+,23?,24?,25+,26-/m0/s1. The maximum atomic E-state index is 12.5. The Hall–Kier alpha value is -1.26. The number of benzene rings is 1. The molecule has 1 aromatic rings. The van der Waals surface area contributed by atoms with Crippen LogP contribution in [-0.2, 0) is 4.79 Å². The number of allylic oxidation sites excluding steroid dienone is 1. The van der Waals surface area contributed by atoms with E-state index in [0.717, 1.165) is 44.1 Å². The van der Waals surface area contributed by atoms with Crippen LogP contribution in [0.3, 0.4) is 0 Å². The lowest BCUT2D eigenvalue weighted by molar-refractivity contribution is -0.118. The minimum Gasteiger partial charge on any atom is -0.508 e. The zero-order chi connectivity index (χ0) is 21.3. The van der Waals surface area contributed by atoms with Crippen molar-refractivity contribution in [1.82, 2.24) is 0 Å². The van der Waals surface area contributed by atoms with E-state index in [4.69, 9.17) is 12.6 Å². The predicted molar refractivity (Wildman–Crippen MR) is 121 cm³/mol. The lowest BCUT2D eigenvalue weighted by Crippen LogP contribution is -2.53. The molecule has 3 nitrogen and oxygen atoms in total. The van der Waals surface area contributed by atoms with E-state index in [-0.39, 0.29) is 39.6 Å². The fourth-order valence-corrected chi connectivity index (χ4v) is 8.32. The molecule has 2 N–H and O–H groups in total. The monoisotopic (exact) mass is 426 g/mol. The zero-order valence-electron chi connectivity index (χ0n) is 18.1. The van der Waals surface area contributed by atoms with Crippen LogP contribution in [0.2, 0.25) is 0 Å². The topological polar surface area (TPSA) is 57.5 Å². The van der Waals surface area contributed by atoms with Gasteiger partial charge in [0.15, 0.2) is 5.78 Å². The van der Waals surface area contributed by atoms with E-state index in [1.165, 1.54) is 5.57 Å². The Bertz CT molecular complexity index is 877. The minimum absolute atomic E-state index is 0.00235. The molecule has 8 atom stereocenters. The van der Waals surface area contributed by atoms with Gasteiger partial charge in [0, 0.05) is 11.7 Å². The molecular weight excluding hydrogens is 392 g/mol. The molecule has 1 aromatic carbocycles. The molecule has 0 radical (unpaired) electrons. The van der Waals surface area contributed by atoms with Crippen LogP contribution in [0.4, 0.5) is 0 Å². The zero-order valence-corrected chi connectivity index (χ0v) is 18.9. The Labute approximate surface area is 185 Å². The number of ketones is 1. The fraction of sp³-hybridized carbons (Fsp3) is 0.654. The van der Waals surface area contributed by atoms with Gasteiger partial charge in [-0.1, -0.05) is 31.6 Å². The average molecular weight is 427 g/mol. The smallest absolute Gasteiger partial charge is 0.155 e. The summed E-state index contributed by atoms with van der Waals surface area (Å²) in [6.45, 7) is 4.72. The van der Waals surface area contributed by atoms with Crippen LogP contribution in [0.15, 0.2) is 35.9 Å². The van der Waals surface area contributed by atoms with Crippen LogP contribution in [0.1, 0.15) is 69.6 Å². The lowest BCUT2D eigenvalue weighted by atomic mass is 9.45. The SMILES string of the molecule is C[C@]12CCC(=O)C=C1C(C(S)c1ccc(O)cc1)C[C@@H]1[C@H]2CC[C@]2(C)C(O)CC[C@@H]12. The van der Waals surface area contributed by atoms with Crippen LogP contribution in [0, 0.1) is 34.5 Å². The van der Waals surface area contributed by atoms with E-state index in [1.807, 2.05) is 18.2 Å². The second kappa shape index (κ2) is 7.13. The number of hydrogen-bond acceptors (Lipinski definition) is 4. The van der Waals surface area contributed by atoms with Gasteiger partial charge in [-0.05, 0) is 96.8 Å². The van der Waals surface area contributed by atoms with E-state index in [2.05, 4.69) is 13.8 Å². The molecule has 0 bridgehead atoms.